The number of hydrogen-bond donors (Lipinski definition) is 2. The molecule has 0 aromatic carbocycles. The fraction of sp³-hybridized carbons (Fsp3) is 0.400. The molecule has 1 spiro atoms. The molecule has 5 heterocycles. The lowest BCUT2D eigenvalue weighted by Gasteiger charge is -2.46. The molecule has 6 rings (SSSR count). The van der Waals surface area contributed by atoms with Crippen LogP contribution in [0, 0.1) is 5.41 Å². The highest BCUT2D eigenvalue weighted by Gasteiger charge is 2.41. The van der Waals surface area contributed by atoms with Crippen molar-refractivity contribution < 1.29 is 4.74 Å². The highest BCUT2D eigenvalue weighted by molar-refractivity contribution is 5.93. The number of rotatable bonds is 3. The number of fused-ring (bicyclic) bond motifs is 2. The van der Waals surface area contributed by atoms with Gasteiger partial charge in [0.2, 0.25) is 5.95 Å². The van der Waals surface area contributed by atoms with Gasteiger partial charge in [0.25, 0.3) is 0 Å². The van der Waals surface area contributed by atoms with Gasteiger partial charge in [-0.05, 0) is 37.8 Å². The highest BCUT2D eigenvalue weighted by Crippen LogP contribution is 2.42. The van der Waals surface area contributed by atoms with Crippen LogP contribution < -0.4 is 5.32 Å². The smallest absolute Gasteiger partial charge is 0.224 e. The largest absolute Gasteiger partial charge is 0.380 e. The van der Waals surface area contributed by atoms with E-state index in [9.17, 15) is 0 Å². The second-order valence-corrected chi connectivity index (χ2v) is 8.08. The second kappa shape index (κ2) is 6.00. The van der Waals surface area contributed by atoms with Crippen molar-refractivity contribution in [2.24, 2.45) is 5.41 Å². The third kappa shape index (κ3) is 2.56. The molecule has 0 unspecified atom stereocenters. The third-order valence-electron chi connectivity index (χ3n) is 6.23. The Balaban J connectivity index is 1.24. The molecule has 1 saturated heterocycles. The molecule has 1 aliphatic carbocycles. The van der Waals surface area contributed by atoms with E-state index in [1.54, 1.807) is 6.33 Å². The Morgan fingerprint density at radius 3 is 2.93 bits per heavy atom. The first-order valence-electron chi connectivity index (χ1n) is 9.76. The first-order chi connectivity index (χ1) is 13.8. The Bertz CT molecular complexity index is 1150. The number of pyridine rings is 1. The predicted octanol–water partition coefficient (Wildman–Crippen LogP) is 3.04. The van der Waals surface area contributed by atoms with E-state index in [1.165, 1.54) is 12.8 Å². The number of hydrogen-bond acceptors (Lipinski definition) is 6. The zero-order valence-corrected chi connectivity index (χ0v) is 15.4. The molecule has 2 aliphatic rings. The maximum atomic E-state index is 5.42. The van der Waals surface area contributed by atoms with Gasteiger partial charge < -0.3 is 15.0 Å². The highest BCUT2D eigenvalue weighted by atomic mass is 16.5. The molecule has 8 nitrogen and oxygen atoms in total. The average Bonchev–Trinajstić information content (AvgIpc) is 3.33. The van der Waals surface area contributed by atoms with Gasteiger partial charge in [0.15, 0.2) is 5.65 Å². The van der Waals surface area contributed by atoms with Gasteiger partial charge in [-0.1, -0.05) is 0 Å². The monoisotopic (exact) mass is 375 g/mol. The number of anilines is 1. The van der Waals surface area contributed by atoms with Crippen molar-refractivity contribution in [3.8, 4) is 11.1 Å². The summed E-state index contributed by atoms with van der Waals surface area (Å²) >= 11 is 0. The molecule has 4 aromatic rings. The van der Waals surface area contributed by atoms with Crippen molar-refractivity contribution in [3.63, 3.8) is 0 Å². The topological polar surface area (TPSA) is 93.0 Å². The molecule has 1 saturated carbocycles. The lowest BCUT2D eigenvalue weighted by Crippen LogP contribution is -2.47. The van der Waals surface area contributed by atoms with Crippen LogP contribution in [0.4, 0.5) is 5.95 Å². The lowest BCUT2D eigenvalue weighted by molar-refractivity contribution is -0.131. The molecule has 2 N–H and O–H groups in total. The minimum absolute atomic E-state index is 0.439. The molecule has 8 heteroatoms. The van der Waals surface area contributed by atoms with Crippen LogP contribution in [0.2, 0.25) is 0 Å². The van der Waals surface area contributed by atoms with Gasteiger partial charge in [0.05, 0.1) is 13.2 Å². The number of H-pyrrole nitrogens is 1. The third-order valence-corrected chi connectivity index (χ3v) is 6.23. The van der Waals surface area contributed by atoms with Crippen LogP contribution in [0.25, 0.3) is 27.8 Å². The van der Waals surface area contributed by atoms with Gasteiger partial charge in [-0.2, -0.15) is 4.98 Å². The molecule has 0 atom stereocenters. The van der Waals surface area contributed by atoms with E-state index in [0.29, 0.717) is 17.4 Å². The Morgan fingerprint density at radius 1 is 1.21 bits per heavy atom. The van der Waals surface area contributed by atoms with Gasteiger partial charge in [0, 0.05) is 46.6 Å². The summed E-state index contributed by atoms with van der Waals surface area (Å²) in [5.74, 6) is 0.695. The molecule has 0 radical (unpaired) electrons. The van der Waals surface area contributed by atoms with Crippen molar-refractivity contribution in [1.29, 1.82) is 0 Å². The van der Waals surface area contributed by atoms with E-state index in [1.807, 2.05) is 35.1 Å². The Labute approximate surface area is 161 Å². The van der Waals surface area contributed by atoms with Crippen LogP contribution in [0.1, 0.15) is 25.7 Å². The predicted molar refractivity (Wildman–Crippen MR) is 105 cm³/mol. The summed E-state index contributed by atoms with van der Waals surface area (Å²) in [7, 11) is 0. The van der Waals surface area contributed by atoms with Crippen molar-refractivity contribution in [2.75, 3.05) is 18.5 Å². The molecule has 0 amide bonds. The summed E-state index contributed by atoms with van der Waals surface area (Å²) in [5.41, 5.74) is 4.28. The van der Waals surface area contributed by atoms with Crippen molar-refractivity contribution in [1.82, 2.24) is 29.5 Å². The summed E-state index contributed by atoms with van der Waals surface area (Å²) < 4.78 is 7.33. The normalized spacial score (nSPS) is 19.3. The van der Waals surface area contributed by atoms with E-state index in [-0.39, 0.29) is 0 Å². The maximum Gasteiger partial charge on any atom is 0.224 e. The quantitative estimate of drug-likeness (QED) is 0.572. The molecule has 142 valence electrons. The molecule has 0 bridgehead atoms. The van der Waals surface area contributed by atoms with Crippen molar-refractivity contribution in [2.45, 2.75) is 31.7 Å². The number of ether oxygens (including phenoxy) is 1. The van der Waals surface area contributed by atoms with E-state index < -0.39 is 0 Å². The van der Waals surface area contributed by atoms with Gasteiger partial charge in [0.1, 0.15) is 12.0 Å². The lowest BCUT2D eigenvalue weighted by atomic mass is 9.71. The van der Waals surface area contributed by atoms with Crippen LogP contribution in [0.3, 0.4) is 0 Å². The Morgan fingerprint density at radius 2 is 2.11 bits per heavy atom. The summed E-state index contributed by atoms with van der Waals surface area (Å²) in [5, 5.41) is 12.5. The summed E-state index contributed by atoms with van der Waals surface area (Å²) in [6.45, 7) is 1.88. The number of nitrogens with one attached hydrogen (secondary N) is 2. The van der Waals surface area contributed by atoms with Gasteiger partial charge in [-0.3, -0.25) is 4.40 Å². The van der Waals surface area contributed by atoms with E-state index in [2.05, 4.69) is 25.5 Å². The molecule has 4 aromatic heterocycles. The van der Waals surface area contributed by atoms with Gasteiger partial charge in [-0.25, -0.2) is 4.98 Å². The minimum Gasteiger partial charge on any atom is -0.380 e. The summed E-state index contributed by atoms with van der Waals surface area (Å²) in [6.07, 6.45) is 12.4. The summed E-state index contributed by atoms with van der Waals surface area (Å²) in [6, 6.07) is 4.44. The summed E-state index contributed by atoms with van der Waals surface area (Å²) in [4.78, 5) is 12.6. The first kappa shape index (κ1) is 16.0. The molecule has 2 fully saturated rings. The van der Waals surface area contributed by atoms with Gasteiger partial charge >= 0.3 is 0 Å². The maximum absolute atomic E-state index is 5.42. The Kier molecular flexibility index (Phi) is 3.43. The van der Waals surface area contributed by atoms with Crippen molar-refractivity contribution >= 4 is 22.6 Å². The molecular weight excluding hydrogens is 354 g/mol. The van der Waals surface area contributed by atoms with Crippen LogP contribution in [0.15, 0.2) is 37.1 Å². The SMILES string of the molecule is c1cc2nncn2cc1-c1c[nH]c2nc(NC3CCC4(CC3)COC4)ncc12. The van der Waals surface area contributed by atoms with E-state index in [4.69, 9.17) is 9.72 Å². The number of aromatic nitrogens is 6. The second-order valence-electron chi connectivity index (χ2n) is 8.08. The van der Waals surface area contributed by atoms with Crippen LogP contribution in [-0.4, -0.2) is 48.8 Å². The minimum atomic E-state index is 0.439. The standard InChI is InChI=1S/C20H21N7O/c1-2-17-26-23-12-27(17)9-13(1)15-7-21-18-16(15)8-22-19(25-18)24-14-3-5-20(6-4-14)10-28-11-20/h1-2,7-9,12,14H,3-6,10-11H2,(H2,21,22,24,25). The molecule has 1 aliphatic heterocycles. The fourth-order valence-corrected chi connectivity index (χ4v) is 4.44. The first-order valence-corrected chi connectivity index (χ1v) is 9.76. The van der Waals surface area contributed by atoms with E-state index >= 15 is 0 Å². The number of nitrogens with zero attached hydrogens (tertiary/aromatic N) is 5. The zero-order valence-electron chi connectivity index (χ0n) is 15.4. The molecular formula is C20H21N7O. The zero-order chi connectivity index (χ0) is 18.6. The van der Waals surface area contributed by atoms with Crippen LogP contribution in [0.5, 0.6) is 0 Å². The molecule has 28 heavy (non-hydrogen) atoms. The van der Waals surface area contributed by atoms with Crippen molar-refractivity contribution in [3.05, 3.63) is 37.1 Å². The van der Waals surface area contributed by atoms with Crippen LogP contribution in [-0.2, 0) is 4.74 Å². The van der Waals surface area contributed by atoms with Crippen LogP contribution >= 0.6 is 0 Å². The number of aromatic amines is 1. The fourth-order valence-electron chi connectivity index (χ4n) is 4.44. The average molecular weight is 375 g/mol. The Hall–Kier alpha value is -3.00. The van der Waals surface area contributed by atoms with E-state index in [0.717, 1.165) is 53.9 Å². The van der Waals surface area contributed by atoms with Gasteiger partial charge in [-0.15, -0.1) is 10.2 Å².